The van der Waals surface area contributed by atoms with Crippen LogP contribution in [0.2, 0.25) is 0 Å². The van der Waals surface area contributed by atoms with Gasteiger partial charge in [0.25, 0.3) is 0 Å². The highest BCUT2D eigenvalue weighted by atomic mass is 16.5. The lowest BCUT2D eigenvalue weighted by Crippen LogP contribution is -2.27. The van der Waals surface area contributed by atoms with E-state index < -0.39 is 5.92 Å². The van der Waals surface area contributed by atoms with E-state index in [9.17, 15) is 9.59 Å². The zero-order valence-corrected chi connectivity index (χ0v) is 14.6. The number of rotatable bonds is 4. The first-order valence-electron chi connectivity index (χ1n) is 8.20. The number of ether oxygens (including phenoxy) is 2. The van der Waals surface area contributed by atoms with E-state index in [-0.39, 0.29) is 18.3 Å². The molecule has 1 aliphatic rings. The van der Waals surface area contributed by atoms with E-state index in [4.69, 9.17) is 9.47 Å². The topological polar surface area (TPSA) is 55.8 Å². The van der Waals surface area contributed by atoms with Crippen molar-refractivity contribution in [3.05, 3.63) is 53.6 Å². The third-order valence-electron chi connectivity index (χ3n) is 4.25. The summed E-state index contributed by atoms with van der Waals surface area (Å²) >= 11 is 0. The van der Waals surface area contributed by atoms with Crippen LogP contribution in [-0.4, -0.2) is 25.5 Å². The van der Waals surface area contributed by atoms with E-state index in [1.54, 1.807) is 36.3 Å². The molecule has 130 valence electrons. The molecule has 5 nitrogen and oxygen atoms in total. The van der Waals surface area contributed by atoms with Crippen LogP contribution in [-0.2, 0) is 9.59 Å². The van der Waals surface area contributed by atoms with E-state index >= 15 is 0 Å². The Hall–Kier alpha value is -2.82. The van der Waals surface area contributed by atoms with Crippen molar-refractivity contribution in [1.82, 2.24) is 0 Å². The Morgan fingerprint density at radius 1 is 1.04 bits per heavy atom. The fourth-order valence-corrected chi connectivity index (χ4v) is 3.06. The van der Waals surface area contributed by atoms with Crippen LogP contribution in [0.15, 0.2) is 42.5 Å². The lowest BCUT2D eigenvalue weighted by molar-refractivity contribution is -0.139. The van der Waals surface area contributed by atoms with Crippen molar-refractivity contribution in [2.75, 3.05) is 18.6 Å². The maximum Gasteiger partial charge on any atom is 0.316 e. The highest BCUT2D eigenvalue weighted by molar-refractivity contribution is 5.99. The number of methoxy groups -OCH3 is 1. The largest absolute Gasteiger partial charge is 0.497 e. The van der Waals surface area contributed by atoms with Gasteiger partial charge in [0.05, 0.1) is 13.0 Å². The molecule has 1 fully saturated rings. The Morgan fingerprint density at radius 3 is 2.24 bits per heavy atom. The predicted molar refractivity (Wildman–Crippen MR) is 95.0 cm³/mol. The number of benzene rings is 2. The van der Waals surface area contributed by atoms with Crippen molar-refractivity contribution in [3.63, 3.8) is 0 Å². The van der Waals surface area contributed by atoms with E-state index in [0.717, 1.165) is 16.8 Å². The van der Waals surface area contributed by atoms with Crippen LogP contribution in [0.1, 0.15) is 17.5 Å². The second-order valence-electron chi connectivity index (χ2n) is 6.35. The number of carbonyl (C=O) groups excluding carboxylic acids is 2. The number of aryl methyl sites for hydroxylation is 2. The second-order valence-corrected chi connectivity index (χ2v) is 6.35. The summed E-state index contributed by atoms with van der Waals surface area (Å²) in [6, 6.07) is 12.8. The number of esters is 1. The number of amides is 1. The molecule has 0 N–H and O–H groups in total. The highest BCUT2D eigenvalue weighted by Crippen LogP contribution is 2.28. The SMILES string of the molecule is COc1ccc(OC(=O)[C@@H]2CC(=O)N(c3cc(C)cc(C)c3)C2)cc1. The molecule has 25 heavy (non-hydrogen) atoms. The van der Waals surface area contributed by atoms with Crippen molar-refractivity contribution in [2.24, 2.45) is 5.92 Å². The summed E-state index contributed by atoms with van der Waals surface area (Å²) < 4.78 is 10.5. The van der Waals surface area contributed by atoms with Crippen molar-refractivity contribution in [3.8, 4) is 11.5 Å². The Bertz CT molecular complexity index is 778. The second kappa shape index (κ2) is 6.97. The van der Waals surface area contributed by atoms with Gasteiger partial charge in [-0.15, -0.1) is 0 Å². The first-order chi connectivity index (χ1) is 12.0. The summed E-state index contributed by atoms with van der Waals surface area (Å²) in [6.45, 7) is 4.33. The fraction of sp³-hybridized carbons (Fsp3) is 0.300. The minimum atomic E-state index is -0.463. The van der Waals surface area contributed by atoms with Gasteiger partial charge in [-0.25, -0.2) is 0 Å². The van der Waals surface area contributed by atoms with Crippen LogP contribution >= 0.6 is 0 Å². The average Bonchev–Trinajstić information content (AvgIpc) is 2.97. The molecule has 0 aliphatic carbocycles. The van der Waals surface area contributed by atoms with Crippen LogP contribution in [0.3, 0.4) is 0 Å². The van der Waals surface area contributed by atoms with Crippen molar-refractivity contribution in [1.29, 1.82) is 0 Å². The molecule has 0 unspecified atom stereocenters. The summed E-state index contributed by atoms with van der Waals surface area (Å²) in [6.07, 6.45) is 0.169. The van der Waals surface area contributed by atoms with Gasteiger partial charge >= 0.3 is 5.97 Å². The first kappa shape index (κ1) is 17.0. The number of hydrogen-bond acceptors (Lipinski definition) is 4. The maximum atomic E-state index is 12.4. The number of carbonyl (C=O) groups is 2. The summed E-state index contributed by atoms with van der Waals surface area (Å²) in [4.78, 5) is 26.4. The number of hydrogen-bond donors (Lipinski definition) is 0. The molecule has 0 radical (unpaired) electrons. The monoisotopic (exact) mass is 339 g/mol. The van der Waals surface area contributed by atoms with E-state index in [1.807, 2.05) is 26.0 Å². The third-order valence-corrected chi connectivity index (χ3v) is 4.25. The molecule has 1 amide bonds. The van der Waals surface area contributed by atoms with Crippen molar-refractivity contribution in [2.45, 2.75) is 20.3 Å². The molecule has 0 aromatic heterocycles. The zero-order valence-electron chi connectivity index (χ0n) is 14.6. The third kappa shape index (κ3) is 3.82. The van der Waals surface area contributed by atoms with Crippen molar-refractivity contribution < 1.29 is 19.1 Å². The Balaban J connectivity index is 1.69. The minimum absolute atomic E-state index is 0.0540. The van der Waals surface area contributed by atoms with Gasteiger partial charge in [0.1, 0.15) is 11.5 Å². The normalized spacial score (nSPS) is 16.8. The standard InChI is InChI=1S/C20H21NO4/c1-13-8-14(2)10-16(9-13)21-12-15(11-19(21)22)20(23)25-18-6-4-17(24-3)5-7-18/h4-10,15H,11-12H2,1-3H3/t15-/m1/s1. The molecule has 1 atom stereocenters. The van der Waals surface area contributed by atoms with Gasteiger partial charge in [-0.3, -0.25) is 9.59 Å². The average molecular weight is 339 g/mol. The van der Waals surface area contributed by atoms with E-state index in [0.29, 0.717) is 18.0 Å². The van der Waals surface area contributed by atoms with Crippen LogP contribution in [0.4, 0.5) is 5.69 Å². The molecule has 0 bridgehead atoms. The van der Waals surface area contributed by atoms with Gasteiger partial charge in [-0.2, -0.15) is 0 Å². The summed E-state index contributed by atoms with van der Waals surface area (Å²) in [7, 11) is 1.58. The molecule has 0 spiro atoms. The fourth-order valence-electron chi connectivity index (χ4n) is 3.06. The molecular formula is C20H21NO4. The molecular weight excluding hydrogens is 318 g/mol. The van der Waals surface area contributed by atoms with Crippen LogP contribution in [0.5, 0.6) is 11.5 Å². The number of anilines is 1. The van der Waals surface area contributed by atoms with E-state index in [1.165, 1.54) is 0 Å². The van der Waals surface area contributed by atoms with Gasteiger partial charge in [0.2, 0.25) is 5.91 Å². The predicted octanol–water partition coefficient (Wildman–Crippen LogP) is 3.27. The molecule has 3 rings (SSSR count). The lowest BCUT2D eigenvalue weighted by Gasteiger charge is -2.18. The molecule has 0 saturated carbocycles. The van der Waals surface area contributed by atoms with Gasteiger partial charge in [0.15, 0.2) is 0 Å². The molecule has 1 aliphatic heterocycles. The highest BCUT2D eigenvalue weighted by Gasteiger charge is 2.36. The number of nitrogens with zero attached hydrogens (tertiary/aromatic N) is 1. The lowest BCUT2D eigenvalue weighted by atomic mass is 10.1. The molecule has 5 heteroatoms. The minimum Gasteiger partial charge on any atom is -0.497 e. The summed E-state index contributed by atoms with van der Waals surface area (Å²) in [5.41, 5.74) is 3.02. The Morgan fingerprint density at radius 2 is 1.64 bits per heavy atom. The summed E-state index contributed by atoms with van der Waals surface area (Å²) in [5, 5.41) is 0. The Labute approximate surface area is 147 Å². The Kier molecular flexibility index (Phi) is 4.74. The molecule has 2 aromatic carbocycles. The van der Waals surface area contributed by atoms with Gasteiger partial charge in [-0.05, 0) is 61.4 Å². The van der Waals surface area contributed by atoms with Crippen LogP contribution < -0.4 is 14.4 Å². The van der Waals surface area contributed by atoms with Gasteiger partial charge in [-0.1, -0.05) is 6.07 Å². The maximum absolute atomic E-state index is 12.4. The van der Waals surface area contributed by atoms with Crippen LogP contribution in [0, 0.1) is 19.8 Å². The molecule has 1 saturated heterocycles. The zero-order chi connectivity index (χ0) is 18.0. The van der Waals surface area contributed by atoms with E-state index in [2.05, 4.69) is 6.07 Å². The first-order valence-corrected chi connectivity index (χ1v) is 8.20. The quantitative estimate of drug-likeness (QED) is 0.634. The summed E-state index contributed by atoms with van der Waals surface area (Å²) in [5.74, 6) is 0.238. The molecule has 1 heterocycles. The van der Waals surface area contributed by atoms with Crippen LogP contribution in [0.25, 0.3) is 0 Å². The smallest absolute Gasteiger partial charge is 0.316 e. The molecule has 2 aromatic rings. The van der Waals surface area contributed by atoms with Gasteiger partial charge in [0, 0.05) is 18.7 Å². The van der Waals surface area contributed by atoms with Gasteiger partial charge < -0.3 is 14.4 Å². The van der Waals surface area contributed by atoms with Crippen molar-refractivity contribution >= 4 is 17.6 Å².